The highest BCUT2D eigenvalue weighted by molar-refractivity contribution is 5.68. The van der Waals surface area contributed by atoms with E-state index in [-0.39, 0.29) is 6.61 Å². The molecule has 3 aromatic carbocycles. The van der Waals surface area contributed by atoms with E-state index in [2.05, 4.69) is 4.90 Å². The van der Waals surface area contributed by atoms with Gasteiger partial charge in [-0.2, -0.15) is 13.2 Å². The molecule has 0 aromatic heterocycles. The number of rotatable bonds is 6. The Hall–Kier alpha value is -3.32. The number of aliphatic carboxylic acids is 1. The van der Waals surface area contributed by atoms with Crippen LogP contribution in [0, 0.1) is 0 Å². The number of carbonyl (C=O) groups is 1. The molecule has 172 valence electrons. The van der Waals surface area contributed by atoms with Crippen molar-refractivity contribution in [2.45, 2.75) is 25.6 Å². The molecular weight excluding hydrogens is 431 g/mol. The van der Waals surface area contributed by atoms with E-state index >= 15 is 0 Å². The standard InChI is InChI=1S/C26H24F3NO3/c27-26(28,29)23-7-4-19(5-8-23)21-3-1-2-18(14-21)16-30-12-10-20-6-9-24(33-17-25(31)32)15-22(20)11-13-30/h1-9,14-15H,10-13,16-17H2,(H,31,32). The molecule has 7 heteroatoms. The second-order valence-electron chi connectivity index (χ2n) is 8.16. The summed E-state index contributed by atoms with van der Waals surface area (Å²) in [6.07, 6.45) is -2.63. The quantitative estimate of drug-likeness (QED) is 0.538. The Balaban J connectivity index is 1.42. The second kappa shape index (κ2) is 9.67. The van der Waals surface area contributed by atoms with Crippen molar-refractivity contribution in [3.05, 3.63) is 89.0 Å². The maximum absolute atomic E-state index is 12.8. The number of nitrogens with zero attached hydrogens (tertiary/aromatic N) is 1. The first-order valence-electron chi connectivity index (χ1n) is 10.7. The monoisotopic (exact) mass is 455 g/mol. The molecule has 4 rings (SSSR count). The number of halogens is 3. The van der Waals surface area contributed by atoms with E-state index in [1.165, 1.54) is 23.3 Å². The van der Waals surface area contributed by atoms with Gasteiger partial charge in [-0.15, -0.1) is 0 Å². The van der Waals surface area contributed by atoms with E-state index in [4.69, 9.17) is 9.84 Å². The molecule has 0 bridgehead atoms. The van der Waals surface area contributed by atoms with Gasteiger partial charge in [0.1, 0.15) is 5.75 Å². The fourth-order valence-corrected chi connectivity index (χ4v) is 4.10. The van der Waals surface area contributed by atoms with Gasteiger partial charge in [0, 0.05) is 19.6 Å². The number of carboxylic acid groups (broad SMARTS) is 1. The summed E-state index contributed by atoms with van der Waals surface area (Å²) in [5.74, 6) is -0.441. The normalized spacial score (nSPS) is 14.4. The van der Waals surface area contributed by atoms with Crippen LogP contribution in [0.4, 0.5) is 13.2 Å². The van der Waals surface area contributed by atoms with Crippen LogP contribution in [0.1, 0.15) is 22.3 Å². The molecule has 4 nitrogen and oxygen atoms in total. The lowest BCUT2D eigenvalue weighted by Gasteiger charge is -2.20. The van der Waals surface area contributed by atoms with Crippen LogP contribution in [-0.2, 0) is 30.4 Å². The number of fused-ring (bicyclic) bond motifs is 1. The number of carboxylic acids is 1. The SMILES string of the molecule is O=C(O)COc1ccc2c(c1)CCN(Cc1cccc(-c3ccc(C(F)(F)F)cc3)c1)CC2. The topological polar surface area (TPSA) is 49.8 Å². The summed E-state index contributed by atoms with van der Waals surface area (Å²) in [6, 6.07) is 18.9. The highest BCUT2D eigenvalue weighted by Crippen LogP contribution is 2.31. The maximum atomic E-state index is 12.8. The predicted molar refractivity (Wildman–Crippen MR) is 119 cm³/mol. The van der Waals surface area contributed by atoms with Crippen LogP contribution in [0.3, 0.4) is 0 Å². The molecule has 0 spiro atoms. The molecule has 1 aliphatic heterocycles. The van der Waals surface area contributed by atoms with Gasteiger partial charge in [0.2, 0.25) is 0 Å². The molecule has 0 amide bonds. The van der Waals surface area contributed by atoms with Crippen LogP contribution >= 0.6 is 0 Å². The Morgan fingerprint density at radius 3 is 2.33 bits per heavy atom. The van der Waals surface area contributed by atoms with Crippen LogP contribution in [0.5, 0.6) is 5.75 Å². The lowest BCUT2D eigenvalue weighted by Crippen LogP contribution is -2.25. The molecule has 0 saturated carbocycles. The maximum Gasteiger partial charge on any atom is 0.416 e. The number of alkyl halides is 3. The third-order valence-electron chi connectivity index (χ3n) is 5.81. The first-order chi connectivity index (χ1) is 15.8. The summed E-state index contributed by atoms with van der Waals surface area (Å²) in [5, 5.41) is 8.79. The highest BCUT2D eigenvalue weighted by atomic mass is 19.4. The Labute approximate surface area is 190 Å². The summed E-state index contributed by atoms with van der Waals surface area (Å²) in [4.78, 5) is 13.1. The minimum atomic E-state index is -4.34. The smallest absolute Gasteiger partial charge is 0.416 e. The van der Waals surface area contributed by atoms with Gasteiger partial charge in [0.05, 0.1) is 5.56 Å². The van der Waals surface area contributed by atoms with Crippen molar-refractivity contribution in [2.24, 2.45) is 0 Å². The molecule has 0 fully saturated rings. The molecule has 0 atom stereocenters. The van der Waals surface area contributed by atoms with Crippen molar-refractivity contribution in [3.63, 3.8) is 0 Å². The summed E-state index contributed by atoms with van der Waals surface area (Å²) in [7, 11) is 0. The first-order valence-corrected chi connectivity index (χ1v) is 10.7. The van der Waals surface area contributed by atoms with Crippen LogP contribution < -0.4 is 4.74 Å². The number of hydrogen-bond donors (Lipinski definition) is 1. The molecular formula is C26H24F3NO3. The van der Waals surface area contributed by atoms with Crippen molar-refractivity contribution in [3.8, 4) is 16.9 Å². The minimum absolute atomic E-state index is 0.361. The van der Waals surface area contributed by atoms with Crippen LogP contribution in [0.15, 0.2) is 66.7 Å². The first kappa shape index (κ1) is 22.9. The minimum Gasteiger partial charge on any atom is -0.482 e. The van der Waals surface area contributed by atoms with Crippen molar-refractivity contribution in [1.29, 1.82) is 0 Å². The van der Waals surface area contributed by atoms with E-state index in [1.807, 2.05) is 42.5 Å². The molecule has 0 aliphatic carbocycles. The summed E-state index contributed by atoms with van der Waals surface area (Å²) in [5.41, 5.74) is 4.49. The van der Waals surface area contributed by atoms with Crippen LogP contribution in [-0.4, -0.2) is 35.7 Å². The number of benzene rings is 3. The fraction of sp³-hybridized carbons (Fsp3) is 0.269. The zero-order valence-corrected chi connectivity index (χ0v) is 17.9. The molecule has 0 radical (unpaired) electrons. The van der Waals surface area contributed by atoms with Gasteiger partial charge in [0.15, 0.2) is 6.61 Å². The van der Waals surface area contributed by atoms with E-state index in [0.717, 1.165) is 61.3 Å². The van der Waals surface area contributed by atoms with Crippen molar-refractivity contribution in [2.75, 3.05) is 19.7 Å². The molecule has 1 aliphatic rings. The Morgan fingerprint density at radius 2 is 1.64 bits per heavy atom. The van der Waals surface area contributed by atoms with E-state index in [1.54, 1.807) is 0 Å². The van der Waals surface area contributed by atoms with Crippen molar-refractivity contribution >= 4 is 5.97 Å². The molecule has 3 aromatic rings. The Bertz CT molecular complexity index is 1130. The van der Waals surface area contributed by atoms with Crippen LogP contribution in [0.25, 0.3) is 11.1 Å². The fourth-order valence-electron chi connectivity index (χ4n) is 4.10. The zero-order chi connectivity index (χ0) is 23.4. The third-order valence-corrected chi connectivity index (χ3v) is 5.81. The number of ether oxygens (including phenoxy) is 1. The predicted octanol–water partition coefficient (Wildman–Crippen LogP) is 5.44. The largest absolute Gasteiger partial charge is 0.482 e. The molecule has 1 N–H and O–H groups in total. The van der Waals surface area contributed by atoms with E-state index < -0.39 is 17.7 Å². The van der Waals surface area contributed by atoms with Gasteiger partial charge in [-0.25, -0.2) is 4.79 Å². The van der Waals surface area contributed by atoms with Crippen molar-refractivity contribution < 1.29 is 27.8 Å². The molecule has 0 unspecified atom stereocenters. The molecule has 0 saturated heterocycles. The Morgan fingerprint density at radius 1 is 0.909 bits per heavy atom. The zero-order valence-electron chi connectivity index (χ0n) is 17.9. The molecule has 33 heavy (non-hydrogen) atoms. The summed E-state index contributed by atoms with van der Waals surface area (Å²) >= 11 is 0. The summed E-state index contributed by atoms with van der Waals surface area (Å²) in [6.45, 7) is 2.11. The number of hydrogen-bond acceptors (Lipinski definition) is 3. The van der Waals surface area contributed by atoms with Gasteiger partial charge in [-0.1, -0.05) is 36.4 Å². The summed E-state index contributed by atoms with van der Waals surface area (Å²) < 4.78 is 43.8. The lowest BCUT2D eigenvalue weighted by atomic mass is 10.0. The average molecular weight is 455 g/mol. The van der Waals surface area contributed by atoms with Crippen LogP contribution in [0.2, 0.25) is 0 Å². The van der Waals surface area contributed by atoms with Gasteiger partial charge in [0.25, 0.3) is 0 Å². The highest BCUT2D eigenvalue weighted by Gasteiger charge is 2.30. The Kier molecular flexibility index (Phi) is 6.70. The van der Waals surface area contributed by atoms with Gasteiger partial charge in [-0.3, -0.25) is 4.90 Å². The van der Waals surface area contributed by atoms with Gasteiger partial charge < -0.3 is 9.84 Å². The van der Waals surface area contributed by atoms with Crippen molar-refractivity contribution in [1.82, 2.24) is 4.90 Å². The third kappa shape index (κ3) is 5.93. The average Bonchev–Trinajstić information content (AvgIpc) is 2.99. The van der Waals surface area contributed by atoms with Gasteiger partial charge >= 0.3 is 12.1 Å². The second-order valence-corrected chi connectivity index (χ2v) is 8.16. The van der Waals surface area contributed by atoms with E-state index in [9.17, 15) is 18.0 Å². The van der Waals surface area contributed by atoms with E-state index in [0.29, 0.717) is 5.75 Å². The van der Waals surface area contributed by atoms with Gasteiger partial charge in [-0.05, 0) is 71.0 Å². The molecule has 1 heterocycles. The lowest BCUT2D eigenvalue weighted by molar-refractivity contribution is -0.139.